The standard InChI is InChI=1S/C18H28N4O2.HI/c1-18(2,3)24-17(23)21-10-9-20-16(19-4)22-12-14-11-13-7-5-6-8-15(13)14;/h5-8,14H,9-12H2,1-4H3,(H,21,23)(H2,19,20,22);1H. The smallest absolute Gasteiger partial charge is 0.407 e. The van der Waals surface area contributed by atoms with E-state index in [9.17, 15) is 4.79 Å². The molecule has 0 saturated heterocycles. The van der Waals surface area contributed by atoms with Gasteiger partial charge in [-0.3, -0.25) is 4.99 Å². The van der Waals surface area contributed by atoms with Gasteiger partial charge in [0, 0.05) is 32.6 Å². The number of hydrogen-bond acceptors (Lipinski definition) is 3. The van der Waals surface area contributed by atoms with E-state index in [2.05, 4.69) is 45.2 Å². The number of benzene rings is 1. The zero-order valence-electron chi connectivity index (χ0n) is 15.4. The van der Waals surface area contributed by atoms with E-state index in [4.69, 9.17) is 4.74 Å². The minimum atomic E-state index is -0.478. The second-order valence-corrected chi connectivity index (χ2v) is 6.91. The number of aliphatic imine (C=N–C) groups is 1. The monoisotopic (exact) mass is 460 g/mol. The van der Waals surface area contributed by atoms with Crippen molar-refractivity contribution in [3.05, 3.63) is 35.4 Å². The van der Waals surface area contributed by atoms with Crippen molar-refractivity contribution in [1.29, 1.82) is 0 Å². The maximum absolute atomic E-state index is 11.5. The summed E-state index contributed by atoms with van der Waals surface area (Å²) in [7, 11) is 1.74. The highest BCUT2D eigenvalue weighted by Crippen LogP contribution is 2.33. The van der Waals surface area contributed by atoms with Crippen molar-refractivity contribution in [2.75, 3.05) is 26.7 Å². The van der Waals surface area contributed by atoms with E-state index in [0.717, 1.165) is 18.9 Å². The van der Waals surface area contributed by atoms with Crippen molar-refractivity contribution in [3.8, 4) is 0 Å². The van der Waals surface area contributed by atoms with Crippen LogP contribution in [0.4, 0.5) is 4.79 Å². The van der Waals surface area contributed by atoms with Gasteiger partial charge in [0.1, 0.15) is 5.60 Å². The predicted molar refractivity (Wildman–Crippen MR) is 112 cm³/mol. The Bertz CT molecular complexity index is 599. The summed E-state index contributed by atoms with van der Waals surface area (Å²) in [6, 6.07) is 8.54. The van der Waals surface area contributed by atoms with Crippen molar-refractivity contribution >= 4 is 36.0 Å². The number of carbonyl (C=O) groups is 1. The molecule has 25 heavy (non-hydrogen) atoms. The van der Waals surface area contributed by atoms with Crippen molar-refractivity contribution in [2.24, 2.45) is 4.99 Å². The van der Waals surface area contributed by atoms with Gasteiger partial charge in [-0.1, -0.05) is 24.3 Å². The average molecular weight is 460 g/mol. The van der Waals surface area contributed by atoms with E-state index < -0.39 is 11.7 Å². The summed E-state index contributed by atoms with van der Waals surface area (Å²) in [5.41, 5.74) is 2.38. The molecule has 0 aliphatic heterocycles. The van der Waals surface area contributed by atoms with Crippen molar-refractivity contribution < 1.29 is 9.53 Å². The van der Waals surface area contributed by atoms with Crippen molar-refractivity contribution in [3.63, 3.8) is 0 Å². The van der Waals surface area contributed by atoms with E-state index in [1.54, 1.807) is 7.05 Å². The maximum Gasteiger partial charge on any atom is 0.407 e. The van der Waals surface area contributed by atoms with E-state index in [1.807, 2.05) is 20.8 Å². The van der Waals surface area contributed by atoms with E-state index in [0.29, 0.717) is 19.0 Å². The van der Waals surface area contributed by atoms with Crippen LogP contribution in [0, 0.1) is 0 Å². The molecule has 0 radical (unpaired) electrons. The molecule has 1 atom stereocenters. The minimum Gasteiger partial charge on any atom is -0.444 e. The molecule has 6 nitrogen and oxygen atoms in total. The molecular formula is C18H29IN4O2. The first-order valence-corrected chi connectivity index (χ1v) is 8.38. The third-order valence-corrected chi connectivity index (χ3v) is 3.79. The SMILES string of the molecule is CN=C(NCCNC(=O)OC(C)(C)C)NCC1Cc2ccccc21.I. The van der Waals surface area contributed by atoms with Gasteiger partial charge in [-0.15, -0.1) is 24.0 Å². The summed E-state index contributed by atoms with van der Waals surface area (Å²) < 4.78 is 5.18. The van der Waals surface area contributed by atoms with Crippen LogP contribution in [-0.2, 0) is 11.2 Å². The first kappa shape index (κ1) is 21.5. The number of hydrogen-bond donors (Lipinski definition) is 3. The molecule has 1 aromatic carbocycles. The Morgan fingerprint density at radius 1 is 1.20 bits per heavy atom. The summed E-state index contributed by atoms with van der Waals surface area (Å²) in [6.07, 6.45) is 0.707. The van der Waals surface area contributed by atoms with Crippen molar-refractivity contribution in [1.82, 2.24) is 16.0 Å². The highest BCUT2D eigenvalue weighted by molar-refractivity contribution is 14.0. The van der Waals surface area contributed by atoms with Crippen molar-refractivity contribution in [2.45, 2.75) is 38.7 Å². The fraction of sp³-hybridized carbons (Fsp3) is 0.556. The third kappa shape index (κ3) is 7.09. The van der Waals surface area contributed by atoms with Gasteiger partial charge in [0.15, 0.2) is 5.96 Å². The molecule has 0 saturated carbocycles. The average Bonchev–Trinajstić information content (AvgIpc) is 2.48. The third-order valence-electron chi connectivity index (χ3n) is 3.79. The van der Waals surface area contributed by atoms with Gasteiger partial charge in [0.05, 0.1) is 0 Å². The van der Waals surface area contributed by atoms with Gasteiger partial charge in [-0.2, -0.15) is 0 Å². The fourth-order valence-corrected chi connectivity index (χ4v) is 2.64. The number of fused-ring (bicyclic) bond motifs is 1. The topological polar surface area (TPSA) is 74.8 Å². The number of nitrogens with zero attached hydrogens (tertiary/aromatic N) is 1. The summed E-state index contributed by atoms with van der Waals surface area (Å²) in [5, 5.41) is 9.23. The Morgan fingerprint density at radius 2 is 1.88 bits per heavy atom. The second-order valence-electron chi connectivity index (χ2n) is 6.91. The Labute approximate surface area is 167 Å². The molecule has 1 unspecified atom stereocenters. The first-order chi connectivity index (χ1) is 11.4. The Balaban J connectivity index is 0.00000312. The van der Waals surface area contributed by atoms with Crippen LogP contribution in [-0.4, -0.2) is 44.3 Å². The molecular weight excluding hydrogens is 431 g/mol. The number of halogens is 1. The highest BCUT2D eigenvalue weighted by atomic mass is 127. The molecule has 2 rings (SSSR count). The molecule has 1 amide bonds. The number of rotatable bonds is 5. The lowest BCUT2D eigenvalue weighted by Gasteiger charge is -2.30. The van der Waals surface area contributed by atoms with Crippen LogP contribution in [0.5, 0.6) is 0 Å². The molecule has 1 aliphatic carbocycles. The largest absolute Gasteiger partial charge is 0.444 e. The molecule has 7 heteroatoms. The number of amides is 1. The Hall–Kier alpha value is -1.51. The number of guanidine groups is 1. The Morgan fingerprint density at radius 3 is 2.52 bits per heavy atom. The first-order valence-electron chi connectivity index (χ1n) is 8.38. The van der Waals surface area contributed by atoms with Crippen LogP contribution < -0.4 is 16.0 Å². The molecule has 0 bridgehead atoms. The molecule has 0 spiro atoms. The lowest BCUT2D eigenvalue weighted by Crippen LogP contribution is -2.44. The van der Waals surface area contributed by atoms with Gasteiger partial charge in [0.25, 0.3) is 0 Å². The molecule has 3 N–H and O–H groups in total. The number of ether oxygens (including phenoxy) is 1. The molecule has 1 aliphatic rings. The van der Waals surface area contributed by atoms with E-state index in [1.165, 1.54) is 11.1 Å². The van der Waals surface area contributed by atoms with Gasteiger partial charge in [-0.05, 0) is 38.3 Å². The van der Waals surface area contributed by atoms with Crippen LogP contribution in [0.25, 0.3) is 0 Å². The fourth-order valence-electron chi connectivity index (χ4n) is 2.64. The zero-order chi connectivity index (χ0) is 17.6. The highest BCUT2D eigenvalue weighted by Gasteiger charge is 2.25. The van der Waals surface area contributed by atoms with Crippen LogP contribution in [0.3, 0.4) is 0 Å². The summed E-state index contributed by atoms with van der Waals surface area (Å²) >= 11 is 0. The maximum atomic E-state index is 11.5. The van der Waals surface area contributed by atoms with Gasteiger partial charge >= 0.3 is 6.09 Å². The lowest BCUT2D eigenvalue weighted by atomic mass is 9.78. The summed E-state index contributed by atoms with van der Waals surface area (Å²) in [4.78, 5) is 15.7. The predicted octanol–water partition coefficient (Wildman–Crippen LogP) is 2.63. The summed E-state index contributed by atoms with van der Waals surface area (Å²) in [5.74, 6) is 1.28. The van der Waals surface area contributed by atoms with E-state index in [-0.39, 0.29) is 24.0 Å². The molecule has 0 heterocycles. The summed E-state index contributed by atoms with van der Waals surface area (Å²) in [6.45, 7) is 7.44. The van der Waals surface area contributed by atoms with Gasteiger partial charge < -0.3 is 20.7 Å². The van der Waals surface area contributed by atoms with Crippen LogP contribution >= 0.6 is 24.0 Å². The zero-order valence-corrected chi connectivity index (χ0v) is 17.7. The second kappa shape index (κ2) is 9.84. The Kier molecular flexibility index (Phi) is 8.47. The number of alkyl carbamates (subject to hydrolysis) is 1. The van der Waals surface area contributed by atoms with Gasteiger partial charge in [-0.25, -0.2) is 4.79 Å². The van der Waals surface area contributed by atoms with E-state index >= 15 is 0 Å². The lowest BCUT2D eigenvalue weighted by molar-refractivity contribution is 0.0529. The van der Waals surface area contributed by atoms with Crippen LogP contribution in [0.2, 0.25) is 0 Å². The van der Waals surface area contributed by atoms with Gasteiger partial charge in [0.2, 0.25) is 0 Å². The molecule has 140 valence electrons. The number of nitrogens with one attached hydrogen (secondary N) is 3. The molecule has 0 fully saturated rings. The number of carbonyl (C=O) groups excluding carboxylic acids is 1. The minimum absolute atomic E-state index is 0. The molecule has 0 aromatic heterocycles. The quantitative estimate of drug-likeness (QED) is 0.274. The normalized spacial score (nSPS) is 16.0. The molecule has 1 aromatic rings. The van der Waals surface area contributed by atoms with Crippen LogP contribution in [0.15, 0.2) is 29.3 Å². The van der Waals surface area contributed by atoms with Crippen LogP contribution in [0.1, 0.15) is 37.8 Å².